The van der Waals surface area contributed by atoms with Gasteiger partial charge in [0.15, 0.2) is 0 Å². The number of hydrogen-bond acceptors (Lipinski definition) is 8. The van der Waals surface area contributed by atoms with Crippen LogP contribution in [0.3, 0.4) is 0 Å². The lowest BCUT2D eigenvalue weighted by molar-refractivity contribution is -0.0357. The fourth-order valence-corrected chi connectivity index (χ4v) is 45.4. The van der Waals surface area contributed by atoms with E-state index < -0.39 is 33.6 Å². The maximum Gasteiger partial charge on any atom is 0.0998 e. The van der Waals surface area contributed by atoms with Crippen molar-refractivity contribution in [2.24, 2.45) is 210 Å². The van der Waals surface area contributed by atoms with Gasteiger partial charge >= 0.3 is 0 Å². The summed E-state index contributed by atoms with van der Waals surface area (Å²) in [6, 6.07) is 0. The number of rotatable bonds is 10. The van der Waals surface area contributed by atoms with E-state index in [0.29, 0.717) is 160 Å². The number of fused-ring (bicyclic) bond motifs is 30. The highest BCUT2D eigenvalue weighted by Crippen LogP contribution is 2.75. The lowest BCUT2D eigenvalue weighted by Crippen LogP contribution is -2.48. The average molecular weight is 2170 g/mol. The van der Waals surface area contributed by atoms with Crippen LogP contribution in [-0.2, 0) is 0 Å². The van der Waals surface area contributed by atoms with Gasteiger partial charge in [-0.2, -0.15) is 0 Å². The molecule has 0 amide bonds. The molecule has 0 aromatic rings. The maximum absolute atomic E-state index is 15.1. The van der Waals surface area contributed by atoms with Crippen LogP contribution in [0.1, 0.15) is 426 Å². The number of alkyl halides is 2. The van der Waals surface area contributed by atoms with E-state index in [-0.39, 0.29) is 36.1 Å². The summed E-state index contributed by atoms with van der Waals surface area (Å²) in [6.07, 6.45) is 52.8. The Labute approximate surface area is 913 Å². The van der Waals surface area contributed by atoms with E-state index in [1.165, 1.54) is 196 Å². The van der Waals surface area contributed by atoms with Crippen LogP contribution in [0.15, 0.2) is 141 Å². The lowest BCUT2D eigenvalue weighted by Gasteiger charge is -2.55. The van der Waals surface area contributed by atoms with Crippen LogP contribution in [0.4, 0.5) is 13.2 Å². The SMILES string of the molecule is C=C(C)[C@H]1CC[C@H]2[C@@H]3CC(C)=C4C[C@](C)(O)CC[C@@H]4[C@H]3CC[C@]12C.C=C(C)[C@H]1CC[C@H]2[C@@H]3CC(F)=C4C[C@](C)(O)CC[C@@H]4[C@H]3CC[C@]12C.C=C(CBr)[C@H]1CC[C@H]2[C@@H]3CC(C)=C4C[C@](C)(O)CC[C@@H]4[C@H]3CC[C@]12C.C=C(CBr)[C@H]1CC[C@H]2[C@@H]3CC(F)=C4C[C@](C)(O)CC[C@@H]4[C@H]3CC[C@]12C.C=C(CO)[C@H]1CC[C@H]2[C@@H]3CC(C)=C4C[C@](C)(O)CC[C@@H]4[C@H]3CC[C@]12C.C=C(CO)[C@H]1CC[C@H]2[C@@H]3CC(F)=C4C[C@](C)(O)CC[C@@H]4[C@H]3CC[C@]12C. The third kappa shape index (κ3) is 20.4. The van der Waals surface area contributed by atoms with Gasteiger partial charge in [0.2, 0.25) is 0 Å². The monoisotopic (exact) mass is 2170 g/mol. The Morgan fingerprint density at radius 3 is 0.615 bits per heavy atom. The molecule has 8 N–H and O–H groups in total. The molecule has 18 saturated carbocycles. The summed E-state index contributed by atoms with van der Waals surface area (Å²) in [6.45, 7) is 64.1. The smallest absolute Gasteiger partial charge is 0.0998 e. The van der Waals surface area contributed by atoms with Gasteiger partial charge in [-0.1, -0.05) is 169 Å². The number of hydrogen-bond donors (Lipinski definition) is 8. The van der Waals surface area contributed by atoms with Crippen LogP contribution < -0.4 is 0 Å². The normalized spacial score (nSPS) is 49.9. The Bertz CT molecular complexity index is 4700. The Morgan fingerprint density at radius 1 is 0.243 bits per heavy atom. The van der Waals surface area contributed by atoms with Gasteiger partial charge in [0, 0.05) is 29.9 Å². The number of aliphatic hydroxyl groups excluding tert-OH is 2. The molecule has 0 aliphatic heterocycles. The average Bonchev–Trinajstić information content (AvgIpc) is 1.64. The second-order valence-corrected chi connectivity index (χ2v) is 61.5. The van der Waals surface area contributed by atoms with E-state index in [0.717, 1.165) is 218 Å². The van der Waals surface area contributed by atoms with E-state index in [9.17, 15) is 40.9 Å². The number of halogens is 5. The topological polar surface area (TPSA) is 162 Å². The van der Waals surface area contributed by atoms with E-state index in [4.69, 9.17) is 0 Å². The van der Waals surface area contributed by atoms with Crippen LogP contribution in [0.5, 0.6) is 0 Å². The van der Waals surface area contributed by atoms with Crippen molar-refractivity contribution in [2.45, 2.75) is 460 Å². The predicted molar refractivity (Wildman–Crippen MR) is 609 cm³/mol. The van der Waals surface area contributed by atoms with E-state index in [1.807, 2.05) is 41.5 Å². The zero-order valence-corrected chi connectivity index (χ0v) is 99.0. The van der Waals surface area contributed by atoms with E-state index >= 15 is 13.2 Å². The van der Waals surface area contributed by atoms with Crippen LogP contribution >= 0.6 is 31.9 Å². The summed E-state index contributed by atoms with van der Waals surface area (Å²) in [5.74, 6) is 20.3. The molecule has 24 aliphatic carbocycles. The van der Waals surface area contributed by atoms with Crippen LogP contribution in [0.25, 0.3) is 0 Å². The van der Waals surface area contributed by atoms with Crippen LogP contribution in [0.2, 0.25) is 0 Å². The summed E-state index contributed by atoms with van der Waals surface area (Å²) in [5.41, 5.74) is 18.8. The largest absolute Gasteiger partial charge is 0.392 e. The molecule has 0 saturated heterocycles. The standard InChI is InChI=1S/C23H35BrO.C23H36O2.C23H36O.C22H32BrFO.C22H33FO2.C22H33FO/c2*1-14-11-18-16(17-7-9-22(3,25)12-19(14)17)8-10-23(4)20(15(2)13-24)5-6-21(18)23;1-14(2)20-6-7-21-18-12-15(3)19-13-22(4,24)10-8-17(19)16(18)9-11-23(20,21)5;1-13(12-23)18-4-5-19-16-10-20(24)17-11-21(2,25)8-6-15(17)14(16)7-9-22(18,19)3;1-13(12-24)18-4-5-19-16-10-20(23)17-11-21(2,25)8-6-15(17)14(16)7-9-22(18,19)3;1-13(2)18-5-6-19-16-11-20(23)17-12-21(3,24)9-7-15(17)14(16)8-10-22(18,19)4/h16-18,20-21,25H,2,5-13H2,1,3-4H3;16-18,20-21,24-25H,2,5-13H2,1,3-4H3;16-18,20-21,24H,1,6-13H2,2-5H3;14-16,18-19,25H,1,4-12H2,2-3H3;14-16,18-19,24-25H,1,4-12H2,2-3H3;14-16,18-19,24H,1,5-12H2,2-4H3/t3*16-,17-,18-,20-,21+,22-,23-;3*14-,15-,16-,18-,19+,21-,22-/m111111/s1. The van der Waals surface area contributed by atoms with Crippen LogP contribution in [-0.4, -0.2) is 98.3 Å². The first-order chi connectivity index (χ1) is 69.5. The highest BCUT2D eigenvalue weighted by atomic mass is 79.9. The zero-order chi connectivity index (χ0) is 106. The third-order valence-corrected chi connectivity index (χ3v) is 53.0. The van der Waals surface area contributed by atoms with Crippen LogP contribution in [0, 0.1) is 210 Å². The van der Waals surface area contributed by atoms with Crippen molar-refractivity contribution in [3.63, 3.8) is 0 Å². The molecule has 13 heteroatoms. The molecule has 24 rings (SSSR count). The molecular weight excluding hydrogens is 1970 g/mol. The summed E-state index contributed by atoms with van der Waals surface area (Å²) in [4.78, 5) is 0. The molecule has 0 bridgehead atoms. The first kappa shape index (κ1) is 113. The molecule has 0 unspecified atom stereocenters. The lowest BCUT2D eigenvalue weighted by atomic mass is 9.50. The van der Waals surface area contributed by atoms with Gasteiger partial charge in [-0.25, -0.2) is 13.2 Å². The number of allylic oxidation sites excluding steroid dienone is 10. The molecule has 0 spiro atoms. The van der Waals surface area contributed by atoms with E-state index in [1.54, 1.807) is 33.4 Å². The van der Waals surface area contributed by atoms with Crippen molar-refractivity contribution in [3.8, 4) is 0 Å². The summed E-state index contributed by atoms with van der Waals surface area (Å²) in [7, 11) is 0. The highest BCUT2D eigenvalue weighted by molar-refractivity contribution is 9.09. The molecule has 828 valence electrons. The first-order valence-corrected chi connectivity index (χ1v) is 63.6. The highest BCUT2D eigenvalue weighted by Gasteiger charge is 2.66. The molecule has 0 radical (unpaired) electrons. The molecule has 8 nitrogen and oxygen atoms in total. The van der Waals surface area contributed by atoms with Crippen molar-refractivity contribution >= 4 is 31.9 Å². The minimum absolute atomic E-state index is 0.0805. The first-order valence-electron chi connectivity index (χ1n) is 61.4. The van der Waals surface area contributed by atoms with Gasteiger partial charge in [-0.3, -0.25) is 0 Å². The molecule has 24 aliphatic rings. The molecule has 42 atom stereocenters. The Kier molecular flexibility index (Phi) is 32.3. The minimum atomic E-state index is -0.726. The Hall–Kier alpha value is -2.69. The number of aliphatic hydroxyl groups is 8. The fourth-order valence-electron chi connectivity index (χ4n) is 44.6. The summed E-state index contributed by atoms with van der Waals surface area (Å²) >= 11 is 7.28. The Balaban J connectivity index is 0.000000112. The van der Waals surface area contributed by atoms with Crippen molar-refractivity contribution < 1.29 is 54.0 Å². The Morgan fingerprint density at radius 2 is 0.419 bits per heavy atom. The van der Waals surface area contributed by atoms with Crippen molar-refractivity contribution in [3.05, 3.63) is 141 Å². The second kappa shape index (κ2) is 42.1. The van der Waals surface area contributed by atoms with Gasteiger partial charge in [0.05, 0.1) is 64.3 Å². The van der Waals surface area contributed by atoms with E-state index in [2.05, 4.69) is 147 Å². The summed E-state index contributed by atoms with van der Waals surface area (Å²) < 4.78 is 45.2. The quantitative estimate of drug-likeness (QED) is 0.0792. The van der Waals surface area contributed by atoms with Crippen molar-refractivity contribution in [1.29, 1.82) is 0 Å². The molecule has 0 aromatic heterocycles. The molecule has 18 fully saturated rings. The molecule has 148 heavy (non-hydrogen) atoms. The van der Waals surface area contributed by atoms with Crippen molar-refractivity contribution in [2.75, 3.05) is 23.9 Å². The van der Waals surface area contributed by atoms with Gasteiger partial charge in [-0.15, -0.1) is 0 Å². The summed E-state index contributed by atoms with van der Waals surface area (Å²) in [5, 5.41) is 84.1. The predicted octanol–water partition coefficient (Wildman–Crippen LogP) is 33.8. The maximum atomic E-state index is 15.1. The molecular formula is C135H205Br2F3O8. The molecule has 0 aromatic carbocycles. The third-order valence-electron chi connectivity index (χ3n) is 51.6. The van der Waals surface area contributed by atoms with Crippen molar-refractivity contribution in [1.82, 2.24) is 0 Å². The van der Waals surface area contributed by atoms with Gasteiger partial charge in [0.25, 0.3) is 0 Å². The second-order valence-electron chi connectivity index (χ2n) is 60.4. The van der Waals surface area contributed by atoms with Gasteiger partial charge in [0.1, 0.15) is 0 Å². The minimum Gasteiger partial charge on any atom is -0.392 e. The zero-order valence-electron chi connectivity index (χ0n) is 95.8. The fraction of sp³-hybridized carbons (Fsp3) is 0.822. The van der Waals surface area contributed by atoms with Gasteiger partial charge < -0.3 is 40.9 Å². The molecule has 0 heterocycles. The van der Waals surface area contributed by atoms with Gasteiger partial charge in [-0.05, 0) is 603 Å².